The van der Waals surface area contributed by atoms with E-state index in [1.54, 1.807) is 0 Å². The summed E-state index contributed by atoms with van der Waals surface area (Å²) in [6, 6.07) is 1.37. The molecule has 2 rings (SSSR count). The van der Waals surface area contributed by atoms with Crippen LogP contribution >= 0.6 is 0 Å². The zero-order chi connectivity index (χ0) is 13.8. The molecule has 0 saturated carbocycles. The van der Waals surface area contributed by atoms with Crippen LogP contribution in [0.5, 0.6) is 0 Å². The molecule has 3 N–H and O–H groups in total. The molecular formula is C12H21N5O2. The van der Waals surface area contributed by atoms with Crippen molar-refractivity contribution >= 4 is 5.91 Å². The highest BCUT2D eigenvalue weighted by molar-refractivity contribution is 5.78. The van der Waals surface area contributed by atoms with Gasteiger partial charge in [-0.3, -0.25) is 14.7 Å². The Bertz CT molecular complexity index is 485. The van der Waals surface area contributed by atoms with Crippen LogP contribution in [-0.4, -0.2) is 65.3 Å². The zero-order valence-electron chi connectivity index (χ0n) is 11.3. The molecule has 1 aliphatic heterocycles. The summed E-state index contributed by atoms with van der Waals surface area (Å²) in [6.07, 6.45) is 0.390. The molecule has 0 radical (unpaired) electrons. The highest BCUT2D eigenvalue weighted by atomic mass is 16.2. The lowest BCUT2D eigenvalue weighted by atomic mass is 10.3. The Morgan fingerprint density at radius 3 is 2.68 bits per heavy atom. The van der Waals surface area contributed by atoms with Gasteiger partial charge in [-0.15, -0.1) is 0 Å². The van der Waals surface area contributed by atoms with Gasteiger partial charge < -0.3 is 15.5 Å². The minimum atomic E-state index is -0.284. The Morgan fingerprint density at radius 2 is 2.05 bits per heavy atom. The number of nitrogens with zero attached hydrogens (tertiary/aromatic N) is 3. The van der Waals surface area contributed by atoms with Gasteiger partial charge in [0.2, 0.25) is 5.91 Å². The summed E-state index contributed by atoms with van der Waals surface area (Å²) in [7, 11) is 2.10. The summed E-state index contributed by atoms with van der Waals surface area (Å²) >= 11 is 0. The van der Waals surface area contributed by atoms with Crippen molar-refractivity contribution in [2.45, 2.75) is 13.0 Å². The first-order valence-electron chi connectivity index (χ1n) is 6.55. The standard InChI is InChI=1S/C12H21N5O2/c1-15-4-6-16(7-5-15)3-2-12(19)17-10(9-13)8-11(18)14-17/h8H,2-7,9,13H2,1H3,(H,14,18). The third kappa shape index (κ3) is 3.52. The maximum Gasteiger partial charge on any atom is 0.264 e. The van der Waals surface area contributed by atoms with E-state index < -0.39 is 0 Å². The number of likely N-dealkylation sites (N-methyl/N-ethyl adjacent to an activating group) is 1. The van der Waals surface area contributed by atoms with Crippen LogP contribution in [0, 0.1) is 0 Å². The molecule has 7 heteroatoms. The second-order valence-electron chi connectivity index (χ2n) is 4.94. The van der Waals surface area contributed by atoms with E-state index in [0.29, 0.717) is 12.1 Å². The van der Waals surface area contributed by atoms with Crippen LogP contribution < -0.4 is 11.3 Å². The molecule has 0 atom stereocenters. The Morgan fingerprint density at radius 1 is 1.37 bits per heavy atom. The molecule has 1 aliphatic rings. The lowest BCUT2D eigenvalue weighted by molar-refractivity contribution is 0.0843. The van der Waals surface area contributed by atoms with Crippen LogP contribution in [0.2, 0.25) is 0 Å². The van der Waals surface area contributed by atoms with E-state index in [1.165, 1.54) is 10.7 Å². The van der Waals surface area contributed by atoms with Crippen molar-refractivity contribution in [1.82, 2.24) is 19.6 Å². The van der Waals surface area contributed by atoms with Crippen LogP contribution in [0.25, 0.3) is 0 Å². The van der Waals surface area contributed by atoms with E-state index in [2.05, 4.69) is 21.9 Å². The number of aromatic amines is 1. The minimum Gasteiger partial charge on any atom is -0.325 e. The third-order valence-electron chi connectivity index (χ3n) is 3.50. The lowest BCUT2D eigenvalue weighted by Gasteiger charge is -2.32. The molecule has 0 amide bonds. The summed E-state index contributed by atoms with van der Waals surface area (Å²) in [6.45, 7) is 4.92. The first-order valence-corrected chi connectivity index (χ1v) is 6.55. The number of nitrogens with one attached hydrogen (secondary N) is 1. The molecule has 0 aromatic carbocycles. The normalized spacial score (nSPS) is 17.8. The van der Waals surface area contributed by atoms with Gasteiger partial charge in [-0.1, -0.05) is 0 Å². The summed E-state index contributed by atoms with van der Waals surface area (Å²) in [5.41, 5.74) is 5.76. The van der Waals surface area contributed by atoms with Gasteiger partial charge in [0.15, 0.2) is 0 Å². The zero-order valence-corrected chi connectivity index (χ0v) is 11.3. The topological polar surface area (TPSA) is 87.4 Å². The average molecular weight is 267 g/mol. The van der Waals surface area contributed by atoms with Gasteiger partial charge in [-0.2, -0.15) is 0 Å². The molecule has 0 spiro atoms. The number of hydrogen-bond acceptors (Lipinski definition) is 5. The van der Waals surface area contributed by atoms with Crippen molar-refractivity contribution in [3.63, 3.8) is 0 Å². The number of piperazine rings is 1. The van der Waals surface area contributed by atoms with Crippen molar-refractivity contribution < 1.29 is 4.79 Å². The van der Waals surface area contributed by atoms with Gasteiger partial charge in [-0.05, 0) is 7.05 Å². The Kier molecular flexibility index (Phi) is 4.52. The quantitative estimate of drug-likeness (QED) is 0.724. The van der Waals surface area contributed by atoms with Crippen molar-refractivity contribution in [2.24, 2.45) is 5.73 Å². The maximum atomic E-state index is 12.0. The molecule has 0 aliphatic carbocycles. The van der Waals surface area contributed by atoms with Crippen molar-refractivity contribution in [3.8, 4) is 0 Å². The fourth-order valence-corrected chi connectivity index (χ4v) is 2.24. The third-order valence-corrected chi connectivity index (χ3v) is 3.50. The molecule has 1 fully saturated rings. The molecule has 1 saturated heterocycles. The minimum absolute atomic E-state index is 0.110. The Labute approximate surface area is 111 Å². The highest BCUT2D eigenvalue weighted by Crippen LogP contribution is 2.02. The maximum absolute atomic E-state index is 12.0. The van der Waals surface area contributed by atoms with Crippen molar-refractivity contribution in [1.29, 1.82) is 0 Å². The van der Waals surface area contributed by atoms with Crippen LogP contribution in [0.15, 0.2) is 10.9 Å². The number of rotatable bonds is 4. The van der Waals surface area contributed by atoms with Crippen LogP contribution in [0.1, 0.15) is 16.9 Å². The molecular weight excluding hydrogens is 246 g/mol. The van der Waals surface area contributed by atoms with Crippen LogP contribution in [0.4, 0.5) is 0 Å². The first-order chi connectivity index (χ1) is 9.10. The fourth-order valence-electron chi connectivity index (χ4n) is 2.24. The number of aromatic nitrogens is 2. The van der Waals surface area contributed by atoms with E-state index in [4.69, 9.17) is 5.73 Å². The summed E-state index contributed by atoms with van der Waals surface area (Å²) in [4.78, 5) is 27.8. The number of carbonyl (C=O) groups is 1. The van der Waals surface area contributed by atoms with Crippen molar-refractivity contribution in [2.75, 3.05) is 39.8 Å². The molecule has 1 aromatic rings. The van der Waals surface area contributed by atoms with Gasteiger partial charge in [0.25, 0.3) is 5.56 Å². The largest absolute Gasteiger partial charge is 0.325 e. The van der Waals surface area contributed by atoms with Gasteiger partial charge in [-0.25, -0.2) is 4.68 Å². The fraction of sp³-hybridized carbons (Fsp3) is 0.667. The summed E-state index contributed by atoms with van der Waals surface area (Å²) in [5, 5.41) is 2.49. The summed E-state index contributed by atoms with van der Waals surface area (Å²) in [5.74, 6) is -0.110. The average Bonchev–Trinajstić information content (AvgIpc) is 2.79. The number of nitrogens with two attached hydrogens (primary N) is 1. The predicted octanol–water partition coefficient (Wildman–Crippen LogP) is -1.09. The molecule has 106 valence electrons. The molecule has 0 unspecified atom stereocenters. The highest BCUT2D eigenvalue weighted by Gasteiger charge is 2.16. The van der Waals surface area contributed by atoms with Gasteiger partial charge >= 0.3 is 0 Å². The number of hydrogen-bond donors (Lipinski definition) is 2. The van der Waals surface area contributed by atoms with Crippen LogP contribution in [0.3, 0.4) is 0 Å². The van der Waals surface area contributed by atoms with Gasteiger partial charge in [0.05, 0.1) is 5.69 Å². The smallest absolute Gasteiger partial charge is 0.264 e. The first kappa shape index (κ1) is 14.0. The molecule has 1 aromatic heterocycles. The predicted molar refractivity (Wildman–Crippen MR) is 72.1 cm³/mol. The van der Waals surface area contributed by atoms with E-state index in [0.717, 1.165) is 32.7 Å². The monoisotopic (exact) mass is 267 g/mol. The lowest BCUT2D eigenvalue weighted by Crippen LogP contribution is -2.45. The Hall–Kier alpha value is -1.44. The molecule has 19 heavy (non-hydrogen) atoms. The van der Waals surface area contributed by atoms with E-state index in [-0.39, 0.29) is 18.0 Å². The SMILES string of the molecule is CN1CCN(CCC(=O)n2[nH]c(=O)cc2CN)CC1. The van der Waals surface area contributed by atoms with Crippen LogP contribution in [-0.2, 0) is 6.54 Å². The van der Waals surface area contributed by atoms with Crippen molar-refractivity contribution in [3.05, 3.63) is 22.1 Å². The molecule has 0 bridgehead atoms. The van der Waals surface area contributed by atoms with Gasteiger partial charge in [0.1, 0.15) is 0 Å². The second-order valence-corrected chi connectivity index (χ2v) is 4.94. The molecule has 2 heterocycles. The number of H-pyrrole nitrogens is 1. The van der Waals surface area contributed by atoms with E-state index >= 15 is 0 Å². The summed E-state index contributed by atoms with van der Waals surface area (Å²) < 4.78 is 1.28. The van der Waals surface area contributed by atoms with E-state index in [9.17, 15) is 9.59 Å². The van der Waals surface area contributed by atoms with E-state index in [1.807, 2.05) is 0 Å². The Balaban J connectivity index is 1.89. The van der Waals surface area contributed by atoms with Gasteiger partial charge in [0, 0.05) is 51.8 Å². The molecule has 7 nitrogen and oxygen atoms in total. The second kappa shape index (κ2) is 6.14. The number of carbonyl (C=O) groups excluding carboxylic acids is 1.